The second-order valence-corrected chi connectivity index (χ2v) is 7.76. The average Bonchev–Trinajstić information content (AvgIpc) is 3.15. The van der Waals surface area contributed by atoms with E-state index < -0.39 is 6.10 Å². The lowest BCUT2D eigenvalue weighted by atomic mass is 10.1. The molecule has 0 aliphatic rings. The van der Waals surface area contributed by atoms with Crippen LogP contribution in [0.5, 0.6) is 5.75 Å². The van der Waals surface area contributed by atoms with Gasteiger partial charge < -0.3 is 14.4 Å². The summed E-state index contributed by atoms with van der Waals surface area (Å²) in [6, 6.07) is 32.5. The number of aliphatic hydroxyl groups excluding tert-OH is 1. The highest BCUT2D eigenvalue weighted by molar-refractivity contribution is 5.83. The third-order valence-corrected chi connectivity index (χ3v) is 5.50. The number of aliphatic hydroxyl groups is 1. The number of aromatic nitrogens is 2. The normalized spacial score (nSPS) is 12.3. The van der Waals surface area contributed by atoms with Crippen molar-refractivity contribution in [3.63, 3.8) is 0 Å². The molecule has 0 radical (unpaired) electrons. The fraction of sp³-hybridized carbons (Fsp3) is 0.148. The van der Waals surface area contributed by atoms with Crippen molar-refractivity contribution < 1.29 is 9.84 Å². The Labute approximate surface area is 181 Å². The summed E-state index contributed by atoms with van der Waals surface area (Å²) in [7, 11) is 0. The molecule has 4 nitrogen and oxygen atoms in total. The van der Waals surface area contributed by atoms with Crippen LogP contribution in [-0.4, -0.2) is 27.4 Å². The summed E-state index contributed by atoms with van der Waals surface area (Å²) in [5, 5.41) is 13.1. The number of rotatable bonds is 7. The fourth-order valence-corrected chi connectivity index (χ4v) is 3.96. The summed E-state index contributed by atoms with van der Waals surface area (Å²) < 4.78 is 8.02. The zero-order chi connectivity index (χ0) is 21.0. The molecule has 1 atom stereocenters. The van der Waals surface area contributed by atoms with E-state index in [9.17, 15) is 5.11 Å². The van der Waals surface area contributed by atoms with Crippen LogP contribution in [0, 0.1) is 0 Å². The van der Waals surface area contributed by atoms with Crippen LogP contribution in [0.3, 0.4) is 0 Å². The van der Waals surface area contributed by atoms with Crippen LogP contribution in [0.1, 0.15) is 11.4 Å². The van der Waals surface area contributed by atoms with Crippen LogP contribution in [0.25, 0.3) is 21.8 Å². The smallest absolute Gasteiger partial charge is 0.120 e. The van der Waals surface area contributed by atoms with Gasteiger partial charge in [0.2, 0.25) is 0 Å². The molecule has 0 aliphatic carbocycles. The second kappa shape index (κ2) is 8.62. The molecule has 0 bridgehead atoms. The lowest BCUT2D eigenvalue weighted by Crippen LogP contribution is -2.24. The first-order valence-corrected chi connectivity index (χ1v) is 10.5. The van der Waals surface area contributed by atoms with Crippen molar-refractivity contribution in [3.8, 4) is 5.75 Å². The van der Waals surface area contributed by atoms with Crippen molar-refractivity contribution in [2.45, 2.75) is 19.1 Å². The monoisotopic (exact) mass is 408 g/mol. The van der Waals surface area contributed by atoms with Crippen molar-refractivity contribution in [3.05, 3.63) is 108 Å². The summed E-state index contributed by atoms with van der Waals surface area (Å²) in [6.45, 7) is 0.645. The topological polar surface area (TPSA) is 47.3 Å². The van der Waals surface area contributed by atoms with Gasteiger partial charge in [0.05, 0.1) is 17.6 Å². The number of hydrogen-bond acceptors (Lipinski definition) is 3. The van der Waals surface area contributed by atoms with Gasteiger partial charge in [-0.2, -0.15) is 0 Å². The van der Waals surface area contributed by atoms with Crippen LogP contribution in [0.15, 0.2) is 97.1 Å². The molecule has 4 heteroatoms. The number of hydrogen-bond donors (Lipinski definition) is 1. The van der Waals surface area contributed by atoms with E-state index in [4.69, 9.17) is 9.72 Å². The van der Waals surface area contributed by atoms with Crippen molar-refractivity contribution in [2.75, 3.05) is 6.61 Å². The van der Waals surface area contributed by atoms with E-state index >= 15 is 0 Å². The van der Waals surface area contributed by atoms with Crippen LogP contribution < -0.4 is 4.74 Å². The predicted octanol–water partition coefficient (Wildman–Crippen LogP) is 5.22. The predicted molar refractivity (Wildman–Crippen MR) is 124 cm³/mol. The molecular weight excluding hydrogens is 384 g/mol. The maximum absolute atomic E-state index is 10.8. The first-order chi connectivity index (χ1) is 15.3. The summed E-state index contributed by atoms with van der Waals surface area (Å²) in [5.74, 6) is 1.70. The number of benzene rings is 4. The Balaban J connectivity index is 1.34. The van der Waals surface area contributed by atoms with Gasteiger partial charge in [-0.05, 0) is 40.6 Å². The van der Waals surface area contributed by atoms with E-state index in [0.717, 1.165) is 28.0 Å². The Kier molecular flexibility index (Phi) is 5.38. The average molecular weight is 409 g/mol. The molecule has 1 aromatic heterocycles. The van der Waals surface area contributed by atoms with E-state index in [1.807, 2.05) is 72.8 Å². The highest BCUT2D eigenvalue weighted by Crippen LogP contribution is 2.22. The number of fused-ring (bicyclic) bond motifs is 2. The van der Waals surface area contributed by atoms with Gasteiger partial charge >= 0.3 is 0 Å². The van der Waals surface area contributed by atoms with Gasteiger partial charge in [0.1, 0.15) is 24.3 Å². The minimum absolute atomic E-state index is 0.218. The molecule has 0 unspecified atom stereocenters. The summed E-state index contributed by atoms with van der Waals surface area (Å²) in [5.41, 5.74) is 3.16. The molecule has 4 aromatic carbocycles. The van der Waals surface area contributed by atoms with E-state index in [-0.39, 0.29) is 6.61 Å². The first-order valence-electron chi connectivity index (χ1n) is 10.5. The molecule has 0 saturated carbocycles. The largest absolute Gasteiger partial charge is 0.491 e. The Hall–Kier alpha value is -3.63. The van der Waals surface area contributed by atoms with Gasteiger partial charge in [-0.1, -0.05) is 72.8 Å². The molecular formula is C27H24N2O2. The number of nitrogens with zero attached hydrogens (tertiary/aromatic N) is 2. The molecule has 0 amide bonds. The zero-order valence-corrected chi connectivity index (χ0v) is 17.2. The molecule has 0 aliphatic heterocycles. The summed E-state index contributed by atoms with van der Waals surface area (Å²) in [4.78, 5) is 4.82. The molecule has 0 fully saturated rings. The fourth-order valence-electron chi connectivity index (χ4n) is 3.96. The lowest BCUT2D eigenvalue weighted by Gasteiger charge is -2.16. The number of para-hydroxylation sites is 2. The van der Waals surface area contributed by atoms with E-state index in [1.165, 1.54) is 10.9 Å². The number of imidazole rings is 1. The Bertz CT molecular complexity index is 1310. The Morgan fingerprint density at radius 2 is 1.55 bits per heavy atom. The van der Waals surface area contributed by atoms with Gasteiger partial charge in [-0.15, -0.1) is 0 Å². The maximum atomic E-state index is 10.8. The van der Waals surface area contributed by atoms with Crippen molar-refractivity contribution >= 4 is 21.8 Å². The zero-order valence-electron chi connectivity index (χ0n) is 17.2. The second-order valence-electron chi connectivity index (χ2n) is 7.76. The molecule has 0 saturated heterocycles. The van der Waals surface area contributed by atoms with Crippen molar-refractivity contribution in [1.82, 2.24) is 9.55 Å². The molecule has 1 N–H and O–H groups in total. The van der Waals surface area contributed by atoms with E-state index in [0.29, 0.717) is 13.0 Å². The van der Waals surface area contributed by atoms with Gasteiger partial charge in [0, 0.05) is 6.42 Å². The van der Waals surface area contributed by atoms with Crippen molar-refractivity contribution in [1.29, 1.82) is 0 Å². The van der Waals surface area contributed by atoms with Crippen LogP contribution in [0.4, 0.5) is 0 Å². The summed E-state index contributed by atoms with van der Waals surface area (Å²) >= 11 is 0. The van der Waals surface area contributed by atoms with Gasteiger partial charge in [0.25, 0.3) is 0 Å². The quantitative estimate of drug-likeness (QED) is 0.402. The standard InChI is InChI=1S/C27H24N2O2/c30-23(19-31-24-15-14-21-10-4-5-11-22(21)17-24)18-29-26-13-7-6-12-25(26)28-27(29)16-20-8-2-1-3-9-20/h1-15,17,23,30H,16,18-19H2/t23-/m1/s1. The molecule has 5 rings (SSSR count). The minimum Gasteiger partial charge on any atom is -0.491 e. The number of ether oxygens (including phenoxy) is 1. The third-order valence-electron chi connectivity index (χ3n) is 5.50. The maximum Gasteiger partial charge on any atom is 0.120 e. The van der Waals surface area contributed by atoms with E-state index in [2.05, 4.69) is 28.8 Å². The molecule has 1 heterocycles. The first kappa shape index (κ1) is 19.3. The summed E-state index contributed by atoms with van der Waals surface area (Å²) in [6.07, 6.45) is 0.0620. The molecule has 0 spiro atoms. The SMILES string of the molecule is O[C@@H](COc1ccc2ccccc2c1)Cn1c(Cc2ccccc2)nc2ccccc21. The Morgan fingerprint density at radius 1 is 0.806 bits per heavy atom. The highest BCUT2D eigenvalue weighted by Gasteiger charge is 2.15. The van der Waals surface area contributed by atoms with Gasteiger partial charge in [-0.25, -0.2) is 4.98 Å². The molecule has 5 aromatic rings. The third kappa shape index (κ3) is 4.30. The molecule has 154 valence electrons. The lowest BCUT2D eigenvalue weighted by molar-refractivity contribution is 0.0929. The van der Waals surface area contributed by atoms with Gasteiger partial charge in [-0.3, -0.25) is 0 Å². The van der Waals surface area contributed by atoms with E-state index in [1.54, 1.807) is 0 Å². The van der Waals surface area contributed by atoms with Gasteiger partial charge in [0.15, 0.2) is 0 Å². The van der Waals surface area contributed by atoms with Crippen LogP contribution in [0.2, 0.25) is 0 Å². The Morgan fingerprint density at radius 3 is 2.42 bits per heavy atom. The van der Waals surface area contributed by atoms with Crippen LogP contribution >= 0.6 is 0 Å². The molecule has 31 heavy (non-hydrogen) atoms. The minimum atomic E-state index is -0.654. The van der Waals surface area contributed by atoms with Crippen molar-refractivity contribution in [2.24, 2.45) is 0 Å². The van der Waals surface area contributed by atoms with Crippen LogP contribution in [-0.2, 0) is 13.0 Å². The highest BCUT2D eigenvalue weighted by atomic mass is 16.5.